The zero-order valence-electron chi connectivity index (χ0n) is 12.5. The lowest BCUT2D eigenvalue weighted by Gasteiger charge is -2.17. The summed E-state index contributed by atoms with van der Waals surface area (Å²) in [5.41, 5.74) is 2.26. The fourth-order valence-corrected chi connectivity index (χ4v) is 2.97. The minimum absolute atomic E-state index is 0.00175. The second kappa shape index (κ2) is 6.49. The molecule has 0 amide bonds. The molecule has 0 saturated heterocycles. The van der Waals surface area contributed by atoms with Gasteiger partial charge in [0.15, 0.2) is 0 Å². The smallest absolute Gasteiger partial charge is 0.507 e. The van der Waals surface area contributed by atoms with Gasteiger partial charge in [0.1, 0.15) is 11.5 Å². The van der Waals surface area contributed by atoms with E-state index in [2.05, 4.69) is 0 Å². The molecule has 122 valence electrons. The number of hydrogen-bond donors (Lipinski definition) is 3. The normalized spacial score (nSPS) is 11.2. The minimum atomic E-state index is -4.74. The molecule has 0 spiro atoms. The predicted octanol–water partition coefficient (Wildman–Crippen LogP) is 4.20. The SMILES string of the molecule is O=P(O)(O)Oc1ccc(O)c(-c2ccccc2)c1-c1ccccc1. The van der Waals surface area contributed by atoms with Crippen LogP contribution in [0.15, 0.2) is 72.8 Å². The fourth-order valence-electron chi connectivity index (χ4n) is 2.57. The van der Waals surface area contributed by atoms with Crippen molar-refractivity contribution in [1.82, 2.24) is 0 Å². The van der Waals surface area contributed by atoms with E-state index in [1.807, 2.05) is 36.4 Å². The number of phosphoric acid groups is 1. The van der Waals surface area contributed by atoms with Gasteiger partial charge in [-0.05, 0) is 23.3 Å². The maximum Gasteiger partial charge on any atom is 0.524 e. The van der Waals surface area contributed by atoms with E-state index in [9.17, 15) is 19.5 Å². The molecule has 0 aliphatic rings. The Morgan fingerprint density at radius 2 is 1.21 bits per heavy atom. The van der Waals surface area contributed by atoms with Crippen LogP contribution in [0.4, 0.5) is 0 Å². The number of rotatable bonds is 4. The third-order valence-corrected chi connectivity index (χ3v) is 3.92. The molecule has 3 aromatic rings. The number of phosphoric ester groups is 1. The lowest BCUT2D eigenvalue weighted by Crippen LogP contribution is -1.95. The Balaban J connectivity index is 2.32. The molecule has 0 aliphatic carbocycles. The molecule has 6 heteroatoms. The van der Waals surface area contributed by atoms with Crippen molar-refractivity contribution in [3.05, 3.63) is 72.8 Å². The van der Waals surface area contributed by atoms with Gasteiger partial charge in [-0.25, -0.2) is 4.57 Å². The number of phenols is 1. The third kappa shape index (κ3) is 3.49. The second-order valence-corrected chi connectivity index (χ2v) is 6.31. The largest absolute Gasteiger partial charge is 0.524 e. The van der Waals surface area contributed by atoms with E-state index in [0.29, 0.717) is 22.3 Å². The maximum atomic E-state index is 11.3. The molecule has 0 atom stereocenters. The van der Waals surface area contributed by atoms with Crippen molar-refractivity contribution in [2.24, 2.45) is 0 Å². The number of hydrogen-bond acceptors (Lipinski definition) is 3. The molecule has 0 heterocycles. The molecule has 24 heavy (non-hydrogen) atoms. The van der Waals surface area contributed by atoms with E-state index >= 15 is 0 Å². The predicted molar refractivity (Wildman–Crippen MR) is 91.7 cm³/mol. The summed E-state index contributed by atoms with van der Waals surface area (Å²) >= 11 is 0. The first-order valence-corrected chi connectivity index (χ1v) is 8.71. The van der Waals surface area contributed by atoms with Crippen LogP contribution in [0.25, 0.3) is 22.3 Å². The highest BCUT2D eigenvalue weighted by molar-refractivity contribution is 7.46. The molecule has 3 aromatic carbocycles. The van der Waals surface area contributed by atoms with Crippen molar-refractivity contribution >= 4 is 7.82 Å². The van der Waals surface area contributed by atoms with Crippen LogP contribution in [-0.4, -0.2) is 14.9 Å². The summed E-state index contributed by atoms with van der Waals surface area (Å²) in [4.78, 5) is 18.4. The summed E-state index contributed by atoms with van der Waals surface area (Å²) in [5, 5.41) is 10.4. The van der Waals surface area contributed by atoms with Crippen LogP contribution in [0.5, 0.6) is 11.5 Å². The van der Waals surface area contributed by atoms with Crippen molar-refractivity contribution < 1.29 is 24.0 Å². The van der Waals surface area contributed by atoms with Crippen LogP contribution in [-0.2, 0) is 4.57 Å². The summed E-state index contributed by atoms with van der Waals surface area (Å²) in [6.45, 7) is 0. The second-order valence-electron chi connectivity index (χ2n) is 5.15. The number of phenolic OH excluding ortho intramolecular Hbond substituents is 1. The lowest BCUT2D eigenvalue weighted by atomic mass is 9.93. The molecule has 0 aromatic heterocycles. The molecule has 0 aliphatic heterocycles. The fraction of sp³-hybridized carbons (Fsp3) is 0. The Labute approximate surface area is 139 Å². The van der Waals surface area contributed by atoms with Gasteiger partial charge < -0.3 is 9.63 Å². The summed E-state index contributed by atoms with van der Waals surface area (Å²) in [6, 6.07) is 20.8. The Morgan fingerprint density at radius 1 is 0.708 bits per heavy atom. The Hall–Kier alpha value is -2.59. The number of aromatic hydroxyl groups is 1. The molecule has 3 N–H and O–H groups in total. The van der Waals surface area contributed by atoms with Crippen molar-refractivity contribution in [2.75, 3.05) is 0 Å². The Kier molecular flexibility index (Phi) is 4.40. The summed E-state index contributed by atoms with van der Waals surface area (Å²) in [7, 11) is -4.74. The monoisotopic (exact) mass is 342 g/mol. The molecular weight excluding hydrogens is 327 g/mol. The van der Waals surface area contributed by atoms with Gasteiger partial charge in [-0.3, -0.25) is 9.79 Å². The molecule has 0 radical (unpaired) electrons. The zero-order chi connectivity index (χ0) is 17.2. The van der Waals surface area contributed by atoms with E-state index in [1.165, 1.54) is 12.1 Å². The van der Waals surface area contributed by atoms with E-state index in [1.54, 1.807) is 24.3 Å². The highest BCUT2D eigenvalue weighted by atomic mass is 31.2. The van der Waals surface area contributed by atoms with E-state index in [4.69, 9.17) is 4.52 Å². The van der Waals surface area contributed by atoms with Crippen LogP contribution in [0.2, 0.25) is 0 Å². The topological polar surface area (TPSA) is 87.0 Å². The van der Waals surface area contributed by atoms with Crippen molar-refractivity contribution in [1.29, 1.82) is 0 Å². The first kappa shape index (κ1) is 16.3. The van der Waals surface area contributed by atoms with Crippen LogP contribution in [0, 0.1) is 0 Å². The van der Waals surface area contributed by atoms with Crippen molar-refractivity contribution in [3.8, 4) is 33.8 Å². The van der Waals surface area contributed by atoms with Gasteiger partial charge in [0.2, 0.25) is 0 Å². The Morgan fingerprint density at radius 3 is 1.71 bits per heavy atom. The first-order chi connectivity index (χ1) is 11.5. The summed E-state index contributed by atoms with van der Waals surface area (Å²) < 4.78 is 16.2. The summed E-state index contributed by atoms with van der Waals surface area (Å²) in [6.07, 6.45) is 0. The average molecular weight is 342 g/mol. The molecule has 0 unspecified atom stereocenters. The van der Waals surface area contributed by atoms with Gasteiger partial charge in [-0.2, -0.15) is 0 Å². The van der Waals surface area contributed by atoms with Crippen LogP contribution in [0.1, 0.15) is 0 Å². The molecule has 3 rings (SSSR count). The number of benzene rings is 3. The van der Waals surface area contributed by atoms with Crippen LogP contribution < -0.4 is 4.52 Å². The van der Waals surface area contributed by atoms with Gasteiger partial charge in [0.25, 0.3) is 0 Å². The van der Waals surface area contributed by atoms with Gasteiger partial charge in [0.05, 0.1) is 0 Å². The van der Waals surface area contributed by atoms with E-state index in [0.717, 1.165) is 0 Å². The van der Waals surface area contributed by atoms with Crippen LogP contribution >= 0.6 is 7.82 Å². The molecule has 0 saturated carbocycles. The minimum Gasteiger partial charge on any atom is -0.507 e. The molecule has 0 fully saturated rings. The highest BCUT2D eigenvalue weighted by Gasteiger charge is 2.23. The lowest BCUT2D eigenvalue weighted by molar-refractivity contribution is 0.283. The molecular formula is C18H15O5P. The molecule has 0 bridgehead atoms. The van der Waals surface area contributed by atoms with Crippen molar-refractivity contribution in [3.63, 3.8) is 0 Å². The maximum absolute atomic E-state index is 11.3. The van der Waals surface area contributed by atoms with Gasteiger partial charge in [-0.15, -0.1) is 0 Å². The highest BCUT2D eigenvalue weighted by Crippen LogP contribution is 2.48. The standard InChI is InChI=1S/C18H15O5P/c19-15-11-12-16(23-24(20,21)22)18(14-9-5-2-6-10-14)17(15)13-7-3-1-4-8-13/h1-12,19H,(H2,20,21,22). The van der Waals surface area contributed by atoms with Crippen molar-refractivity contribution in [2.45, 2.75) is 0 Å². The summed E-state index contributed by atoms with van der Waals surface area (Å²) in [5.74, 6) is 0.00398. The Bertz CT molecular complexity index is 888. The van der Waals surface area contributed by atoms with Gasteiger partial charge in [0, 0.05) is 11.1 Å². The van der Waals surface area contributed by atoms with Crippen LogP contribution in [0.3, 0.4) is 0 Å². The third-order valence-electron chi connectivity index (χ3n) is 3.49. The molecule has 5 nitrogen and oxygen atoms in total. The quantitative estimate of drug-likeness (QED) is 0.619. The first-order valence-electron chi connectivity index (χ1n) is 7.17. The average Bonchev–Trinajstić information content (AvgIpc) is 2.56. The zero-order valence-corrected chi connectivity index (χ0v) is 13.4. The van der Waals surface area contributed by atoms with E-state index in [-0.39, 0.29) is 11.5 Å². The van der Waals surface area contributed by atoms with Gasteiger partial charge in [-0.1, -0.05) is 60.7 Å². The van der Waals surface area contributed by atoms with E-state index < -0.39 is 7.82 Å². The van der Waals surface area contributed by atoms with Gasteiger partial charge >= 0.3 is 7.82 Å².